The Kier molecular flexibility index (Phi) is 4.12. The molecule has 1 N–H and O–H groups in total. The maximum atomic E-state index is 12.9. The second kappa shape index (κ2) is 5.80. The van der Waals surface area contributed by atoms with Crippen molar-refractivity contribution in [1.82, 2.24) is 4.98 Å². The Labute approximate surface area is 112 Å². The summed E-state index contributed by atoms with van der Waals surface area (Å²) < 4.78 is 12.9. The fraction of sp³-hybridized carbons (Fsp3) is 0.267. The minimum atomic E-state index is -0.526. The lowest BCUT2D eigenvalue weighted by atomic mass is 10.2. The van der Waals surface area contributed by atoms with Crippen molar-refractivity contribution in [3.05, 3.63) is 54.0 Å². The van der Waals surface area contributed by atoms with Crippen LogP contribution in [0.4, 0.5) is 15.9 Å². The van der Waals surface area contributed by atoms with Crippen molar-refractivity contribution < 1.29 is 9.50 Å². The Morgan fingerprint density at radius 3 is 2.37 bits per heavy atom. The van der Waals surface area contributed by atoms with E-state index in [1.165, 1.54) is 12.1 Å². The van der Waals surface area contributed by atoms with Gasteiger partial charge in [0.25, 0.3) is 0 Å². The van der Waals surface area contributed by atoms with Crippen molar-refractivity contribution in [2.75, 3.05) is 11.4 Å². The Morgan fingerprint density at radius 2 is 1.89 bits per heavy atom. The molecule has 3 nitrogen and oxygen atoms in total. The van der Waals surface area contributed by atoms with E-state index in [4.69, 9.17) is 0 Å². The van der Waals surface area contributed by atoms with E-state index in [1.807, 2.05) is 24.0 Å². The van der Waals surface area contributed by atoms with Crippen molar-refractivity contribution in [3.8, 4) is 0 Å². The number of rotatable bonds is 4. The molecule has 0 radical (unpaired) electrons. The van der Waals surface area contributed by atoms with E-state index >= 15 is 0 Å². The second-order valence-corrected chi connectivity index (χ2v) is 4.35. The molecule has 0 aliphatic heterocycles. The van der Waals surface area contributed by atoms with Crippen LogP contribution < -0.4 is 4.90 Å². The van der Waals surface area contributed by atoms with Gasteiger partial charge >= 0.3 is 0 Å². The first-order chi connectivity index (χ1) is 9.11. The summed E-state index contributed by atoms with van der Waals surface area (Å²) in [5.74, 6) is 0.524. The monoisotopic (exact) mass is 260 g/mol. The zero-order valence-corrected chi connectivity index (χ0v) is 11.0. The van der Waals surface area contributed by atoms with E-state index in [9.17, 15) is 9.50 Å². The van der Waals surface area contributed by atoms with Gasteiger partial charge in [-0.2, -0.15) is 0 Å². The summed E-state index contributed by atoms with van der Waals surface area (Å²) in [4.78, 5) is 6.32. The SMILES string of the molecule is CCN(c1ccc(F)cc1)c1ccc(C(C)O)cn1. The van der Waals surface area contributed by atoms with Crippen LogP contribution in [0.2, 0.25) is 0 Å². The van der Waals surface area contributed by atoms with Gasteiger partial charge in [-0.25, -0.2) is 9.37 Å². The highest BCUT2D eigenvalue weighted by atomic mass is 19.1. The third kappa shape index (κ3) is 3.09. The number of nitrogens with zero attached hydrogens (tertiary/aromatic N) is 2. The molecule has 0 spiro atoms. The quantitative estimate of drug-likeness (QED) is 0.915. The Morgan fingerprint density at radius 1 is 1.21 bits per heavy atom. The van der Waals surface area contributed by atoms with Crippen LogP contribution >= 0.6 is 0 Å². The minimum Gasteiger partial charge on any atom is -0.389 e. The maximum absolute atomic E-state index is 12.9. The van der Waals surface area contributed by atoms with E-state index in [2.05, 4.69) is 4.98 Å². The first-order valence-corrected chi connectivity index (χ1v) is 6.29. The first-order valence-electron chi connectivity index (χ1n) is 6.29. The molecule has 0 saturated carbocycles. The molecule has 0 bridgehead atoms. The van der Waals surface area contributed by atoms with Crippen LogP contribution in [0.25, 0.3) is 0 Å². The van der Waals surface area contributed by atoms with Crippen LogP contribution in [0.15, 0.2) is 42.6 Å². The van der Waals surface area contributed by atoms with Crippen LogP contribution in [-0.2, 0) is 0 Å². The number of aliphatic hydroxyl groups is 1. The molecule has 100 valence electrons. The summed E-state index contributed by atoms with van der Waals surface area (Å²) in [6.45, 7) is 4.44. The molecule has 0 aliphatic carbocycles. The molecule has 1 aromatic heterocycles. The Balaban J connectivity index is 2.28. The average molecular weight is 260 g/mol. The van der Waals surface area contributed by atoms with E-state index in [0.717, 1.165) is 23.6 Å². The topological polar surface area (TPSA) is 36.4 Å². The van der Waals surface area contributed by atoms with Crippen LogP contribution in [-0.4, -0.2) is 16.6 Å². The molecule has 2 aromatic rings. The number of hydrogen-bond acceptors (Lipinski definition) is 3. The average Bonchev–Trinajstić information content (AvgIpc) is 2.42. The second-order valence-electron chi connectivity index (χ2n) is 4.35. The first kappa shape index (κ1) is 13.5. The summed E-state index contributed by atoms with van der Waals surface area (Å²) in [6.07, 6.45) is 1.13. The van der Waals surface area contributed by atoms with Gasteiger partial charge in [0, 0.05) is 18.4 Å². The smallest absolute Gasteiger partial charge is 0.132 e. The molecule has 4 heteroatoms. The molecule has 1 unspecified atom stereocenters. The van der Waals surface area contributed by atoms with E-state index < -0.39 is 6.10 Å². The van der Waals surface area contributed by atoms with Gasteiger partial charge in [-0.1, -0.05) is 6.07 Å². The third-order valence-corrected chi connectivity index (χ3v) is 2.98. The lowest BCUT2D eigenvalue weighted by molar-refractivity contribution is 0.199. The normalized spacial score (nSPS) is 12.2. The summed E-state index contributed by atoms with van der Waals surface area (Å²) in [5, 5.41) is 9.46. The van der Waals surface area contributed by atoms with Gasteiger partial charge in [0.2, 0.25) is 0 Å². The number of pyridine rings is 1. The van der Waals surface area contributed by atoms with Crippen molar-refractivity contribution in [3.63, 3.8) is 0 Å². The van der Waals surface area contributed by atoms with Gasteiger partial charge in [0.1, 0.15) is 11.6 Å². The summed E-state index contributed by atoms with van der Waals surface area (Å²) in [5.41, 5.74) is 1.67. The van der Waals surface area contributed by atoms with Gasteiger partial charge in [-0.15, -0.1) is 0 Å². The lowest BCUT2D eigenvalue weighted by Crippen LogP contribution is -2.17. The van der Waals surface area contributed by atoms with E-state index in [-0.39, 0.29) is 5.82 Å². The van der Waals surface area contributed by atoms with Gasteiger partial charge in [0.15, 0.2) is 0 Å². The van der Waals surface area contributed by atoms with Gasteiger partial charge in [-0.3, -0.25) is 0 Å². The standard InChI is InChI=1S/C15H17FN2O/c1-3-18(14-7-5-13(16)6-8-14)15-9-4-12(10-17-15)11(2)19/h4-11,19H,3H2,1-2H3. The number of halogens is 1. The van der Waals surface area contributed by atoms with Crippen LogP contribution in [0.5, 0.6) is 0 Å². The fourth-order valence-corrected chi connectivity index (χ4v) is 1.90. The van der Waals surface area contributed by atoms with Crippen molar-refractivity contribution in [2.24, 2.45) is 0 Å². The number of anilines is 2. The minimum absolute atomic E-state index is 0.253. The number of hydrogen-bond donors (Lipinski definition) is 1. The molecular weight excluding hydrogens is 243 g/mol. The molecule has 0 saturated heterocycles. The highest BCUT2D eigenvalue weighted by Gasteiger charge is 2.09. The van der Waals surface area contributed by atoms with Crippen molar-refractivity contribution in [1.29, 1.82) is 0 Å². The van der Waals surface area contributed by atoms with Crippen LogP contribution in [0.1, 0.15) is 25.5 Å². The molecule has 19 heavy (non-hydrogen) atoms. The van der Waals surface area contributed by atoms with Gasteiger partial charge < -0.3 is 10.0 Å². The van der Waals surface area contributed by atoms with Crippen molar-refractivity contribution in [2.45, 2.75) is 20.0 Å². The highest BCUT2D eigenvalue weighted by molar-refractivity contribution is 5.59. The number of aliphatic hydroxyl groups excluding tert-OH is 1. The number of benzene rings is 1. The molecule has 1 aromatic carbocycles. The molecule has 0 amide bonds. The van der Waals surface area contributed by atoms with E-state index in [0.29, 0.717) is 0 Å². The summed E-state index contributed by atoms with van der Waals surface area (Å²) >= 11 is 0. The molecule has 0 aliphatic rings. The van der Waals surface area contributed by atoms with Crippen LogP contribution in [0.3, 0.4) is 0 Å². The Hall–Kier alpha value is -1.94. The zero-order valence-electron chi connectivity index (χ0n) is 11.0. The van der Waals surface area contributed by atoms with Crippen LogP contribution in [0, 0.1) is 5.82 Å². The molecular formula is C15H17FN2O. The molecule has 1 atom stereocenters. The summed E-state index contributed by atoms with van der Waals surface area (Å²) in [7, 11) is 0. The predicted molar refractivity (Wildman–Crippen MR) is 74.0 cm³/mol. The molecule has 2 rings (SSSR count). The zero-order chi connectivity index (χ0) is 13.8. The lowest BCUT2D eigenvalue weighted by Gasteiger charge is -2.22. The van der Waals surface area contributed by atoms with Gasteiger partial charge in [0.05, 0.1) is 6.10 Å². The largest absolute Gasteiger partial charge is 0.389 e. The van der Waals surface area contributed by atoms with Crippen molar-refractivity contribution >= 4 is 11.5 Å². The highest BCUT2D eigenvalue weighted by Crippen LogP contribution is 2.24. The maximum Gasteiger partial charge on any atom is 0.132 e. The fourth-order valence-electron chi connectivity index (χ4n) is 1.90. The van der Waals surface area contributed by atoms with Gasteiger partial charge in [-0.05, 0) is 49.7 Å². The summed E-state index contributed by atoms with van der Waals surface area (Å²) in [6, 6.07) is 10.0. The number of aromatic nitrogens is 1. The third-order valence-electron chi connectivity index (χ3n) is 2.98. The Bertz CT molecular complexity index is 523. The molecule has 1 heterocycles. The van der Waals surface area contributed by atoms with E-state index in [1.54, 1.807) is 25.3 Å². The molecule has 0 fully saturated rings. The predicted octanol–water partition coefficient (Wildman–Crippen LogP) is 3.43.